The molecule has 5 rings (SSSR count). The number of ether oxygens (including phenoxy) is 1. The van der Waals surface area contributed by atoms with Gasteiger partial charge in [0.25, 0.3) is 5.56 Å². The highest BCUT2D eigenvalue weighted by Crippen LogP contribution is 2.29. The molecule has 37 heavy (non-hydrogen) atoms. The van der Waals surface area contributed by atoms with Crippen LogP contribution in [-0.4, -0.2) is 39.6 Å². The largest absolute Gasteiger partial charge is 0.494 e. The van der Waals surface area contributed by atoms with Gasteiger partial charge in [-0.05, 0) is 61.7 Å². The number of aromatic amines is 1. The molecule has 0 amide bonds. The van der Waals surface area contributed by atoms with Gasteiger partial charge < -0.3 is 9.72 Å². The minimum Gasteiger partial charge on any atom is -0.494 e. The first-order valence-electron chi connectivity index (χ1n) is 11.9. The first kappa shape index (κ1) is 25.1. The van der Waals surface area contributed by atoms with Crippen LogP contribution < -0.4 is 10.3 Å². The predicted octanol–water partition coefficient (Wildman–Crippen LogP) is 4.67. The Labute approximate surface area is 218 Å². The molecule has 190 valence electrons. The molecule has 8 nitrogen and oxygen atoms in total. The van der Waals surface area contributed by atoms with Crippen LogP contribution in [0.3, 0.4) is 0 Å². The lowest BCUT2D eigenvalue weighted by Crippen LogP contribution is -2.35. The molecule has 0 radical (unpaired) electrons. The maximum Gasteiger partial charge on any atom is 0.252 e. The third-order valence-corrected chi connectivity index (χ3v) is 8.78. The summed E-state index contributed by atoms with van der Waals surface area (Å²) in [7, 11) is -4.02. The Balaban J connectivity index is 1.58. The number of nitrogens with one attached hydrogen (secondary N) is 1. The molecule has 0 saturated carbocycles. The lowest BCUT2D eigenvalue weighted by molar-refractivity contribution is 0.340. The van der Waals surface area contributed by atoms with Crippen molar-refractivity contribution in [2.24, 2.45) is 0 Å². The summed E-state index contributed by atoms with van der Waals surface area (Å²) < 4.78 is 43.7. The minimum absolute atomic E-state index is 0.0906. The molecule has 0 unspecified atom stereocenters. The lowest BCUT2D eigenvalue weighted by Gasteiger charge is -2.23. The fraction of sp³-hybridized carbons (Fsp3) is 0.222. The highest BCUT2D eigenvalue weighted by molar-refractivity contribution is 7.89. The number of hydrogen-bond donors (Lipinski definition) is 1. The van der Waals surface area contributed by atoms with Gasteiger partial charge in [0.1, 0.15) is 21.7 Å². The van der Waals surface area contributed by atoms with E-state index in [2.05, 4.69) is 13.7 Å². The van der Waals surface area contributed by atoms with Crippen LogP contribution in [0.2, 0.25) is 0 Å². The fourth-order valence-electron chi connectivity index (χ4n) is 4.36. The second-order valence-electron chi connectivity index (χ2n) is 8.72. The number of H-pyrrole nitrogens is 1. The molecule has 0 spiro atoms. The Kier molecular flexibility index (Phi) is 7.05. The maximum atomic E-state index is 14.1. The Morgan fingerprint density at radius 2 is 1.84 bits per heavy atom. The summed E-state index contributed by atoms with van der Waals surface area (Å²) in [6.07, 6.45) is 0.490. The number of nitrogens with zero attached hydrogens (tertiary/aromatic N) is 3. The van der Waals surface area contributed by atoms with Crippen LogP contribution in [0.4, 0.5) is 0 Å². The normalized spacial score (nSPS) is 12.0. The highest BCUT2D eigenvalue weighted by Gasteiger charge is 2.30. The zero-order chi connectivity index (χ0) is 26.0. The molecule has 0 aliphatic heterocycles. The van der Waals surface area contributed by atoms with E-state index in [1.165, 1.54) is 4.31 Å². The van der Waals surface area contributed by atoms with Crippen LogP contribution in [0.15, 0.2) is 76.4 Å². The average molecular weight is 535 g/mol. The number of fused-ring (bicyclic) bond motifs is 2. The van der Waals surface area contributed by atoms with Gasteiger partial charge in [0.2, 0.25) is 10.0 Å². The number of hydrogen-bond acceptors (Lipinski definition) is 7. The van der Waals surface area contributed by atoms with E-state index in [4.69, 9.17) is 4.74 Å². The first-order valence-corrected chi connectivity index (χ1v) is 14.1. The summed E-state index contributed by atoms with van der Waals surface area (Å²) in [4.78, 5) is 16.0. The van der Waals surface area contributed by atoms with Gasteiger partial charge in [-0.15, -0.1) is 0 Å². The van der Waals surface area contributed by atoms with Crippen molar-refractivity contribution in [2.45, 2.75) is 31.7 Å². The molecule has 0 bridgehead atoms. The summed E-state index contributed by atoms with van der Waals surface area (Å²) >= 11 is 0.977. The fourth-order valence-corrected chi connectivity index (χ4v) is 6.73. The number of aryl methyl sites for hydroxylation is 1. The molecule has 0 aliphatic carbocycles. The van der Waals surface area contributed by atoms with E-state index in [1.54, 1.807) is 37.3 Å². The molecule has 0 aliphatic rings. The zero-order valence-electron chi connectivity index (χ0n) is 20.5. The third kappa shape index (κ3) is 5.13. The molecule has 0 fully saturated rings. The maximum absolute atomic E-state index is 14.1. The van der Waals surface area contributed by atoms with E-state index < -0.39 is 10.0 Å². The van der Waals surface area contributed by atoms with Crippen molar-refractivity contribution in [2.75, 3.05) is 13.2 Å². The van der Waals surface area contributed by atoms with Crippen molar-refractivity contribution < 1.29 is 13.2 Å². The molecule has 2 heterocycles. The van der Waals surface area contributed by atoms with Gasteiger partial charge in [-0.25, -0.2) is 8.42 Å². The summed E-state index contributed by atoms with van der Waals surface area (Å²) in [5.74, 6) is 0.680. The van der Waals surface area contributed by atoms with Gasteiger partial charge in [-0.1, -0.05) is 36.4 Å². The first-order chi connectivity index (χ1) is 17.9. The number of aromatic nitrogens is 3. The van der Waals surface area contributed by atoms with Crippen molar-refractivity contribution >= 4 is 43.7 Å². The summed E-state index contributed by atoms with van der Waals surface area (Å²) in [6.45, 7) is 4.27. The third-order valence-electron chi connectivity index (χ3n) is 6.22. The second-order valence-corrected chi connectivity index (χ2v) is 11.1. The van der Waals surface area contributed by atoms with Gasteiger partial charge >= 0.3 is 0 Å². The molecule has 2 aromatic heterocycles. The Hall–Kier alpha value is -3.60. The quantitative estimate of drug-likeness (QED) is 0.295. The molecule has 5 aromatic rings. The summed E-state index contributed by atoms with van der Waals surface area (Å²) in [5, 5.41) is 0.767. The van der Waals surface area contributed by atoms with Crippen molar-refractivity contribution in [1.29, 1.82) is 0 Å². The number of benzene rings is 3. The van der Waals surface area contributed by atoms with Gasteiger partial charge in [-0.3, -0.25) is 4.79 Å². The van der Waals surface area contributed by atoms with E-state index in [-0.39, 0.29) is 23.5 Å². The summed E-state index contributed by atoms with van der Waals surface area (Å²) in [6, 6.07) is 20.3. The highest BCUT2D eigenvalue weighted by atomic mass is 32.2. The average Bonchev–Trinajstić information content (AvgIpc) is 3.36. The van der Waals surface area contributed by atoms with Crippen LogP contribution in [0.25, 0.3) is 21.9 Å². The summed E-state index contributed by atoms with van der Waals surface area (Å²) in [5.41, 5.74) is 3.14. The molecular formula is C27H26N4O4S2. The van der Waals surface area contributed by atoms with E-state index in [0.29, 0.717) is 46.5 Å². The second kappa shape index (κ2) is 10.4. The van der Waals surface area contributed by atoms with Gasteiger partial charge in [0.05, 0.1) is 18.3 Å². The van der Waals surface area contributed by atoms with Crippen LogP contribution in [-0.2, 0) is 23.0 Å². The number of pyridine rings is 1. The van der Waals surface area contributed by atoms with Crippen molar-refractivity contribution in [3.8, 4) is 5.75 Å². The van der Waals surface area contributed by atoms with E-state index in [1.807, 2.05) is 43.3 Å². The SMILES string of the molecule is CCOc1ccc2[nH]c(=O)c(CN(CCc3ccccc3)S(=O)(=O)c3c(C)ccc4nsnc34)cc2c1. The number of sulfonamides is 1. The van der Waals surface area contributed by atoms with Crippen molar-refractivity contribution in [1.82, 2.24) is 18.0 Å². The molecular weight excluding hydrogens is 508 g/mol. The van der Waals surface area contributed by atoms with E-state index in [0.717, 1.165) is 22.7 Å². The monoisotopic (exact) mass is 534 g/mol. The van der Waals surface area contributed by atoms with Gasteiger partial charge in [0.15, 0.2) is 0 Å². The molecule has 1 N–H and O–H groups in total. The standard InChI is InChI=1S/C27H26N4O4S2/c1-3-35-22-10-12-23-20(16-22)15-21(27(32)28-23)17-31(14-13-19-7-5-4-6-8-19)37(33,34)26-18(2)9-11-24-25(26)30-36-29-24/h4-12,15-16H,3,13-14,17H2,1-2H3,(H,28,32). The molecule has 0 atom stereocenters. The van der Waals surface area contributed by atoms with Crippen LogP contribution >= 0.6 is 11.7 Å². The topological polar surface area (TPSA) is 105 Å². The smallest absolute Gasteiger partial charge is 0.252 e. The Morgan fingerprint density at radius 3 is 2.62 bits per heavy atom. The minimum atomic E-state index is -4.02. The van der Waals surface area contributed by atoms with Crippen LogP contribution in [0, 0.1) is 6.92 Å². The van der Waals surface area contributed by atoms with Crippen molar-refractivity contribution in [3.63, 3.8) is 0 Å². The Bertz CT molecular complexity index is 1730. The van der Waals surface area contributed by atoms with E-state index >= 15 is 0 Å². The predicted molar refractivity (Wildman–Crippen MR) is 146 cm³/mol. The van der Waals surface area contributed by atoms with E-state index in [9.17, 15) is 13.2 Å². The van der Waals surface area contributed by atoms with Gasteiger partial charge in [-0.2, -0.15) is 13.1 Å². The molecule has 3 aromatic carbocycles. The zero-order valence-corrected chi connectivity index (χ0v) is 22.1. The Morgan fingerprint density at radius 1 is 1.03 bits per heavy atom. The van der Waals surface area contributed by atoms with Crippen LogP contribution in [0.1, 0.15) is 23.6 Å². The molecule has 0 saturated heterocycles. The molecule has 10 heteroatoms. The number of rotatable bonds is 9. The van der Waals surface area contributed by atoms with Gasteiger partial charge in [0, 0.05) is 29.6 Å². The lowest BCUT2D eigenvalue weighted by atomic mass is 10.1. The van der Waals surface area contributed by atoms with Crippen LogP contribution in [0.5, 0.6) is 5.75 Å². The van der Waals surface area contributed by atoms with Crippen molar-refractivity contribution in [3.05, 3.63) is 93.8 Å².